The third-order valence-corrected chi connectivity index (χ3v) is 7.24. The summed E-state index contributed by atoms with van der Waals surface area (Å²) >= 11 is 1.62. The van der Waals surface area contributed by atoms with E-state index in [9.17, 15) is 9.59 Å². The van der Waals surface area contributed by atoms with Gasteiger partial charge in [0.1, 0.15) is 6.54 Å². The summed E-state index contributed by atoms with van der Waals surface area (Å²) in [6, 6.07) is 11.9. The predicted octanol–water partition coefficient (Wildman–Crippen LogP) is 3.88. The topological polar surface area (TPSA) is 77.5 Å². The Morgan fingerprint density at radius 3 is 2.53 bits per heavy atom. The van der Waals surface area contributed by atoms with Crippen LogP contribution in [0.25, 0.3) is 0 Å². The molecule has 1 aromatic heterocycles. The largest absolute Gasteiger partial charge is 0.379 e. The Labute approximate surface area is 217 Å². The van der Waals surface area contributed by atoms with Gasteiger partial charge in [0, 0.05) is 38.1 Å². The van der Waals surface area contributed by atoms with Gasteiger partial charge in [0.25, 0.3) is 5.91 Å². The Morgan fingerprint density at radius 2 is 1.89 bits per heavy atom. The first-order valence-corrected chi connectivity index (χ1v) is 13.4. The Balaban J connectivity index is 1.53. The minimum atomic E-state index is -0.403. The molecule has 0 spiro atoms. The fourth-order valence-corrected chi connectivity index (χ4v) is 5.08. The average Bonchev–Trinajstić information content (AvgIpc) is 3.52. The number of hydrogen-bond acceptors (Lipinski definition) is 6. The van der Waals surface area contributed by atoms with E-state index >= 15 is 0 Å². The molecule has 9 heteroatoms. The number of amides is 3. The maximum atomic E-state index is 13.7. The molecule has 2 aliphatic heterocycles. The van der Waals surface area contributed by atoms with Crippen molar-refractivity contribution in [3.05, 3.63) is 57.8 Å². The number of benzene rings is 1. The van der Waals surface area contributed by atoms with Gasteiger partial charge in [0.15, 0.2) is 0 Å². The van der Waals surface area contributed by atoms with E-state index in [-0.39, 0.29) is 24.5 Å². The van der Waals surface area contributed by atoms with Gasteiger partial charge in [-0.15, -0.1) is 11.3 Å². The lowest BCUT2D eigenvalue weighted by atomic mass is 10.00. The summed E-state index contributed by atoms with van der Waals surface area (Å²) in [6.45, 7) is 12.0. The van der Waals surface area contributed by atoms with Crippen molar-refractivity contribution in [2.45, 2.75) is 45.7 Å². The van der Waals surface area contributed by atoms with E-state index in [1.54, 1.807) is 21.2 Å². The van der Waals surface area contributed by atoms with E-state index in [4.69, 9.17) is 9.84 Å². The number of nitrogens with zero attached hydrogens (tertiary/aromatic N) is 4. The molecule has 194 valence electrons. The summed E-state index contributed by atoms with van der Waals surface area (Å²) in [5.74, 6) is -0.182. The molecule has 1 fully saturated rings. The number of rotatable bonds is 7. The van der Waals surface area contributed by atoms with Crippen LogP contribution in [-0.2, 0) is 9.53 Å². The number of urea groups is 1. The quantitative estimate of drug-likeness (QED) is 0.612. The van der Waals surface area contributed by atoms with Crippen molar-refractivity contribution in [3.8, 4) is 0 Å². The Kier molecular flexibility index (Phi) is 8.43. The maximum Gasteiger partial charge on any atom is 0.318 e. The van der Waals surface area contributed by atoms with E-state index in [2.05, 4.69) is 41.4 Å². The van der Waals surface area contributed by atoms with E-state index in [1.807, 2.05) is 38.3 Å². The molecule has 2 aliphatic rings. The van der Waals surface area contributed by atoms with Crippen molar-refractivity contribution in [2.24, 2.45) is 5.10 Å². The molecule has 0 unspecified atom stereocenters. The van der Waals surface area contributed by atoms with Crippen LogP contribution in [0.5, 0.6) is 0 Å². The van der Waals surface area contributed by atoms with E-state index < -0.39 is 5.54 Å². The molecule has 0 radical (unpaired) electrons. The van der Waals surface area contributed by atoms with Crippen molar-refractivity contribution in [2.75, 3.05) is 45.9 Å². The summed E-state index contributed by atoms with van der Waals surface area (Å²) in [4.78, 5) is 31.9. The zero-order valence-electron chi connectivity index (χ0n) is 21.7. The van der Waals surface area contributed by atoms with E-state index in [1.165, 1.54) is 5.56 Å². The third kappa shape index (κ3) is 6.93. The van der Waals surface area contributed by atoms with Crippen LogP contribution in [-0.4, -0.2) is 83.9 Å². The molecule has 0 saturated carbocycles. The first-order valence-electron chi connectivity index (χ1n) is 12.6. The van der Waals surface area contributed by atoms with Gasteiger partial charge in [-0.2, -0.15) is 5.10 Å². The molecular formula is C27H37N5O3S. The summed E-state index contributed by atoms with van der Waals surface area (Å²) < 4.78 is 5.44. The Hall–Kier alpha value is -2.75. The molecule has 2 aromatic rings. The summed E-state index contributed by atoms with van der Waals surface area (Å²) in [5.41, 5.74) is 2.72. The minimum Gasteiger partial charge on any atom is -0.379 e. The first-order chi connectivity index (χ1) is 17.2. The molecule has 0 bridgehead atoms. The molecule has 36 heavy (non-hydrogen) atoms. The van der Waals surface area contributed by atoms with Crippen LogP contribution in [0.1, 0.15) is 49.2 Å². The van der Waals surface area contributed by atoms with Gasteiger partial charge in [0.2, 0.25) is 0 Å². The van der Waals surface area contributed by atoms with Gasteiger partial charge in [-0.25, -0.2) is 9.80 Å². The van der Waals surface area contributed by atoms with Crippen LogP contribution >= 0.6 is 11.3 Å². The SMILES string of the molecule is Cc1ccc([C@H]2CC(c3cccs3)=NN2C(=O)CN(CCN2CCOCC2)C(=O)NC(C)(C)C)cc1. The highest BCUT2D eigenvalue weighted by Gasteiger charge is 2.35. The number of carbonyl (C=O) groups is 2. The lowest BCUT2D eigenvalue weighted by Gasteiger charge is -2.32. The van der Waals surface area contributed by atoms with Crippen molar-refractivity contribution < 1.29 is 14.3 Å². The molecule has 1 atom stereocenters. The second kappa shape index (κ2) is 11.5. The number of nitrogens with one attached hydrogen (secondary N) is 1. The molecule has 8 nitrogen and oxygen atoms in total. The standard InChI is InChI=1S/C27H37N5O3S/c1-20-7-9-21(10-8-20)23-18-22(24-6-5-17-36-24)29-32(23)25(33)19-31(26(34)28-27(2,3)4)12-11-30-13-15-35-16-14-30/h5-10,17,23H,11-16,18-19H2,1-4H3,(H,28,34)/t23-/m1/s1. The number of hydrogen-bond donors (Lipinski definition) is 1. The molecule has 3 heterocycles. The second-order valence-corrected chi connectivity index (χ2v) is 11.4. The normalized spacial score (nSPS) is 18.7. The van der Waals surface area contributed by atoms with Crippen LogP contribution in [0.3, 0.4) is 0 Å². The molecule has 0 aliphatic carbocycles. The summed E-state index contributed by atoms with van der Waals surface area (Å²) in [6.07, 6.45) is 0.650. The van der Waals surface area contributed by atoms with Crippen LogP contribution in [0.15, 0.2) is 46.9 Å². The molecular weight excluding hydrogens is 474 g/mol. The fourth-order valence-electron chi connectivity index (χ4n) is 4.35. The maximum absolute atomic E-state index is 13.7. The third-order valence-electron chi connectivity index (χ3n) is 6.32. The highest BCUT2D eigenvalue weighted by molar-refractivity contribution is 7.12. The van der Waals surface area contributed by atoms with Gasteiger partial charge in [0.05, 0.1) is 29.8 Å². The lowest BCUT2D eigenvalue weighted by Crippen LogP contribution is -2.53. The van der Waals surface area contributed by atoms with Crippen LogP contribution < -0.4 is 5.32 Å². The van der Waals surface area contributed by atoms with E-state index in [0.29, 0.717) is 32.7 Å². The highest BCUT2D eigenvalue weighted by Crippen LogP contribution is 2.34. The van der Waals surface area contributed by atoms with Gasteiger partial charge in [-0.05, 0) is 44.7 Å². The first kappa shape index (κ1) is 26.3. The smallest absolute Gasteiger partial charge is 0.318 e. The molecule has 3 amide bonds. The van der Waals surface area contributed by atoms with Crippen molar-refractivity contribution in [3.63, 3.8) is 0 Å². The minimum absolute atomic E-state index is 0.0319. The number of thiophene rings is 1. The highest BCUT2D eigenvalue weighted by atomic mass is 32.1. The van der Waals surface area contributed by atoms with E-state index in [0.717, 1.165) is 29.2 Å². The lowest BCUT2D eigenvalue weighted by molar-refractivity contribution is -0.133. The van der Waals surface area contributed by atoms with Gasteiger partial charge < -0.3 is 15.0 Å². The number of morpholine rings is 1. The zero-order chi connectivity index (χ0) is 25.7. The Morgan fingerprint density at radius 1 is 1.17 bits per heavy atom. The summed E-state index contributed by atoms with van der Waals surface area (Å²) in [5, 5.41) is 11.4. The van der Waals surface area contributed by atoms with Crippen LogP contribution in [0.2, 0.25) is 0 Å². The molecule has 4 rings (SSSR count). The van der Waals surface area contributed by atoms with Crippen molar-refractivity contribution in [1.82, 2.24) is 20.1 Å². The van der Waals surface area contributed by atoms with Crippen LogP contribution in [0, 0.1) is 6.92 Å². The second-order valence-electron chi connectivity index (χ2n) is 10.4. The predicted molar refractivity (Wildman–Crippen MR) is 143 cm³/mol. The van der Waals surface area contributed by atoms with Crippen LogP contribution in [0.4, 0.5) is 4.79 Å². The fraction of sp³-hybridized carbons (Fsp3) is 0.519. The Bertz CT molecular complexity index is 1060. The van der Waals surface area contributed by atoms with Crippen molar-refractivity contribution in [1.29, 1.82) is 0 Å². The van der Waals surface area contributed by atoms with Gasteiger partial charge in [-0.1, -0.05) is 35.9 Å². The zero-order valence-corrected chi connectivity index (χ0v) is 22.5. The number of carbonyl (C=O) groups excluding carboxylic acids is 2. The van der Waals surface area contributed by atoms with Gasteiger partial charge in [-0.3, -0.25) is 9.69 Å². The van der Waals surface area contributed by atoms with Crippen molar-refractivity contribution >= 4 is 29.0 Å². The average molecular weight is 512 g/mol. The summed E-state index contributed by atoms with van der Waals surface area (Å²) in [7, 11) is 0. The number of aryl methyl sites for hydroxylation is 1. The number of ether oxygens (including phenoxy) is 1. The molecule has 1 saturated heterocycles. The number of hydrazone groups is 1. The molecule has 1 N–H and O–H groups in total. The molecule has 1 aromatic carbocycles. The monoisotopic (exact) mass is 511 g/mol. The van der Waals surface area contributed by atoms with Gasteiger partial charge >= 0.3 is 6.03 Å².